The molecule has 4 rings (SSSR count). The number of nitrogens with zero attached hydrogens (tertiary/aromatic N) is 1. The molecule has 194 valence electrons. The smallest absolute Gasteiger partial charge is 0.335 e. The van der Waals surface area contributed by atoms with Gasteiger partial charge in [-0.25, -0.2) is 14.5 Å². The standard InChI is InChI=1S/C27H21Br2N3O6/c1-15-3-2-4-19(9-15)30-23(33)13-32-25(34)22(31-27(32)37)12-17-10-20(28)24(21(29)11-17)38-14-16-5-7-18(8-6-16)26(35)36/h2-12H,13-14H2,1H3,(H,30,33)(H,31,37)(H,35,36)/b22-12+. The third-order valence-electron chi connectivity index (χ3n) is 5.48. The van der Waals surface area contributed by atoms with Crippen LogP contribution in [0.15, 0.2) is 75.3 Å². The van der Waals surface area contributed by atoms with Gasteiger partial charge < -0.3 is 20.5 Å². The van der Waals surface area contributed by atoms with Crippen LogP contribution in [0.3, 0.4) is 0 Å². The first-order chi connectivity index (χ1) is 18.1. The third kappa shape index (κ3) is 6.48. The van der Waals surface area contributed by atoms with Crippen LogP contribution in [0.4, 0.5) is 10.5 Å². The molecule has 3 aromatic rings. The first-order valence-electron chi connectivity index (χ1n) is 11.3. The van der Waals surface area contributed by atoms with Gasteiger partial charge in [-0.2, -0.15) is 0 Å². The van der Waals surface area contributed by atoms with E-state index < -0.39 is 30.4 Å². The van der Waals surface area contributed by atoms with Gasteiger partial charge in [0.25, 0.3) is 5.91 Å². The first-order valence-corrected chi connectivity index (χ1v) is 12.8. The average Bonchev–Trinajstić information content (AvgIpc) is 3.11. The van der Waals surface area contributed by atoms with Gasteiger partial charge in [0.1, 0.15) is 24.6 Å². The van der Waals surface area contributed by atoms with Crippen molar-refractivity contribution in [1.29, 1.82) is 0 Å². The fourth-order valence-electron chi connectivity index (χ4n) is 3.65. The number of carboxylic acids is 1. The molecule has 1 saturated heterocycles. The number of imide groups is 1. The van der Waals surface area contributed by atoms with Gasteiger partial charge in [-0.05, 0) is 97.9 Å². The van der Waals surface area contributed by atoms with E-state index in [0.717, 1.165) is 16.0 Å². The summed E-state index contributed by atoms with van der Waals surface area (Å²) in [5.74, 6) is -1.61. The quantitative estimate of drug-likeness (QED) is 0.225. The van der Waals surface area contributed by atoms with Crippen LogP contribution in [-0.2, 0) is 16.2 Å². The number of aromatic carboxylic acids is 1. The number of rotatable bonds is 8. The number of carbonyl (C=O) groups excluding carboxylic acids is 3. The Morgan fingerprint density at radius 3 is 2.37 bits per heavy atom. The second-order valence-corrected chi connectivity index (χ2v) is 10.1. The maximum atomic E-state index is 12.8. The number of carbonyl (C=O) groups is 4. The van der Waals surface area contributed by atoms with Crippen molar-refractivity contribution in [2.24, 2.45) is 0 Å². The van der Waals surface area contributed by atoms with Gasteiger partial charge in [-0.1, -0.05) is 24.3 Å². The van der Waals surface area contributed by atoms with Gasteiger partial charge in [-0.15, -0.1) is 0 Å². The molecule has 4 amide bonds. The van der Waals surface area contributed by atoms with Crippen molar-refractivity contribution < 1.29 is 29.0 Å². The Morgan fingerprint density at radius 1 is 1.05 bits per heavy atom. The van der Waals surface area contributed by atoms with Crippen molar-refractivity contribution >= 4 is 67.4 Å². The molecule has 1 fully saturated rings. The van der Waals surface area contributed by atoms with Crippen LogP contribution in [0.2, 0.25) is 0 Å². The van der Waals surface area contributed by atoms with Crippen molar-refractivity contribution in [2.45, 2.75) is 13.5 Å². The molecule has 3 N–H and O–H groups in total. The summed E-state index contributed by atoms with van der Waals surface area (Å²) in [7, 11) is 0. The maximum absolute atomic E-state index is 12.8. The lowest BCUT2D eigenvalue weighted by Crippen LogP contribution is -2.38. The molecule has 0 spiro atoms. The molecule has 0 aliphatic carbocycles. The van der Waals surface area contributed by atoms with E-state index in [1.54, 1.807) is 42.5 Å². The predicted octanol–water partition coefficient (Wildman–Crippen LogP) is 5.33. The number of carboxylic acid groups (broad SMARTS) is 1. The van der Waals surface area contributed by atoms with E-state index >= 15 is 0 Å². The van der Waals surface area contributed by atoms with Crippen LogP contribution in [0, 0.1) is 6.92 Å². The number of aryl methyl sites for hydroxylation is 1. The molecule has 0 saturated carbocycles. The summed E-state index contributed by atoms with van der Waals surface area (Å²) in [6.07, 6.45) is 1.50. The van der Waals surface area contributed by atoms with Crippen molar-refractivity contribution in [1.82, 2.24) is 10.2 Å². The van der Waals surface area contributed by atoms with E-state index in [1.165, 1.54) is 18.2 Å². The van der Waals surface area contributed by atoms with Crippen LogP contribution in [0.25, 0.3) is 6.08 Å². The number of anilines is 1. The number of benzene rings is 3. The van der Waals surface area contributed by atoms with Crippen LogP contribution < -0.4 is 15.4 Å². The second-order valence-electron chi connectivity index (χ2n) is 8.40. The number of ether oxygens (including phenoxy) is 1. The van der Waals surface area contributed by atoms with Crippen molar-refractivity contribution in [3.05, 3.63) is 97.6 Å². The zero-order valence-electron chi connectivity index (χ0n) is 20.0. The Hall–Kier alpha value is -3.96. The summed E-state index contributed by atoms with van der Waals surface area (Å²) in [6.45, 7) is 1.66. The monoisotopic (exact) mass is 641 g/mol. The highest BCUT2D eigenvalue weighted by Gasteiger charge is 2.35. The topological polar surface area (TPSA) is 125 Å². The van der Waals surface area contributed by atoms with E-state index in [9.17, 15) is 19.2 Å². The Labute approximate surface area is 234 Å². The number of urea groups is 1. The predicted molar refractivity (Wildman–Crippen MR) is 148 cm³/mol. The normalized spacial score (nSPS) is 14.0. The maximum Gasteiger partial charge on any atom is 0.335 e. The minimum absolute atomic E-state index is 0.0318. The lowest BCUT2D eigenvalue weighted by atomic mass is 10.1. The van der Waals surface area contributed by atoms with Gasteiger partial charge >= 0.3 is 12.0 Å². The molecule has 0 aromatic heterocycles. The highest BCUT2D eigenvalue weighted by Crippen LogP contribution is 2.36. The van der Waals surface area contributed by atoms with Crippen molar-refractivity contribution in [3.63, 3.8) is 0 Å². The molecule has 0 radical (unpaired) electrons. The summed E-state index contributed by atoms with van der Waals surface area (Å²) >= 11 is 6.92. The molecule has 0 atom stereocenters. The van der Waals surface area contributed by atoms with E-state index in [4.69, 9.17) is 9.84 Å². The molecular weight excluding hydrogens is 622 g/mol. The van der Waals surface area contributed by atoms with E-state index in [2.05, 4.69) is 42.5 Å². The average molecular weight is 643 g/mol. The Kier molecular flexibility index (Phi) is 8.28. The van der Waals surface area contributed by atoms with Crippen molar-refractivity contribution in [2.75, 3.05) is 11.9 Å². The molecule has 3 aromatic carbocycles. The second kappa shape index (κ2) is 11.6. The van der Waals surface area contributed by atoms with Gasteiger partial charge in [0.15, 0.2) is 0 Å². The summed E-state index contributed by atoms with van der Waals surface area (Å²) in [6, 6.07) is 16.3. The molecule has 1 aliphatic heterocycles. The van der Waals surface area contributed by atoms with Crippen LogP contribution in [-0.4, -0.2) is 40.4 Å². The van der Waals surface area contributed by atoms with Crippen LogP contribution in [0.1, 0.15) is 27.0 Å². The third-order valence-corrected chi connectivity index (χ3v) is 6.66. The lowest BCUT2D eigenvalue weighted by Gasteiger charge is -2.12. The Bertz CT molecular complexity index is 1450. The van der Waals surface area contributed by atoms with Crippen molar-refractivity contribution in [3.8, 4) is 5.75 Å². The summed E-state index contributed by atoms with van der Waals surface area (Å²) in [5.41, 5.74) is 3.14. The van der Waals surface area contributed by atoms with E-state index in [1.807, 2.05) is 13.0 Å². The molecule has 0 unspecified atom stereocenters. The van der Waals surface area contributed by atoms with Gasteiger partial charge in [-0.3, -0.25) is 9.59 Å². The minimum Gasteiger partial charge on any atom is -0.487 e. The molecule has 1 aliphatic rings. The fraction of sp³-hybridized carbons (Fsp3) is 0.111. The number of hydrogen-bond acceptors (Lipinski definition) is 5. The van der Waals surface area contributed by atoms with Gasteiger partial charge in [0.2, 0.25) is 5.91 Å². The number of amides is 4. The molecule has 11 heteroatoms. The molecule has 38 heavy (non-hydrogen) atoms. The number of nitrogens with one attached hydrogen (secondary N) is 2. The molecule has 9 nitrogen and oxygen atoms in total. The Balaban J connectivity index is 1.42. The largest absolute Gasteiger partial charge is 0.487 e. The van der Waals surface area contributed by atoms with Gasteiger partial charge in [0.05, 0.1) is 14.5 Å². The molecule has 1 heterocycles. The summed E-state index contributed by atoms with van der Waals surface area (Å²) in [4.78, 5) is 49.5. The zero-order valence-corrected chi connectivity index (χ0v) is 23.1. The highest BCUT2D eigenvalue weighted by atomic mass is 79.9. The minimum atomic E-state index is -1.00. The van der Waals surface area contributed by atoms with Gasteiger partial charge in [0, 0.05) is 5.69 Å². The summed E-state index contributed by atoms with van der Waals surface area (Å²) in [5, 5.41) is 14.2. The first kappa shape index (κ1) is 27.1. The Morgan fingerprint density at radius 2 is 1.74 bits per heavy atom. The zero-order chi connectivity index (χ0) is 27.4. The highest BCUT2D eigenvalue weighted by molar-refractivity contribution is 9.11. The fourth-order valence-corrected chi connectivity index (χ4v) is 5.10. The molecule has 0 bridgehead atoms. The van der Waals surface area contributed by atoms with Crippen LogP contribution >= 0.6 is 31.9 Å². The summed E-state index contributed by atoms with van der Waals surface area (Å²) < 4.78 is 7.06. The number of halogens is 2. The number of hydrogen-bond donors (Lipinski definition) is 3. The molecular formula is C27H21Br2N3O6. The van der Waals surface area contributed by atoms with E-state index in [-0.39, 0.29) is 17.9 Å². The SMILES string of the molecule is Cc1cccc(NC(=O)CN2C(=O)N/C(=C/c3cc(Br)c(OCc4ccc(C(=O)O)cc4)c(Br)c3)C2=O)c1. The van der Waals surface area contributed by atoms with Crippen LogP contribution in [0.5, 0.6) is 5.75 Å². The van der Waals surface area contributed by atoms with E-state index in [0.29, 0.717) is 25.9 Å². The lowest BCUT2D eigenvalue weighted by molar-refractivity contribution is -0.127.